The van der Waals surface area contributed by atoms with Crippen LogP contribution in [0.25, 0.3) is 11.1 Å². The standard InChI is InChI=1S/C20H24ClNO/c21-19-10-8-17(9-11-19)16-4-6-18(7-5-16)20(23)12-15-22-13-2-1-3-14-22/h4-11,20,23H,1-3,12-15H2. The first-order valence-corrected chi connectivity index (χ1v) is 8.86. The van der Waals surface area contributed by atoms with Gasteiger partial charge in [-0.25, -0.2) is 0 Å². The van der Waals surface area contributed by atoms with Crippen molar-refractivity contribution in [3.05, 3.63) is 59.1 Å². The lowest BCUT2D eigenvalue weighted by Crippen LogP contribution is -2.31. The molecule has 0 aromatic heterocycles. The molecule has 2 aromatic carbocycles. The van der Waals surface area contributed by atoms with Gasteiger partial charge in [0.2, 0.25) is 0 Å². The Morgan fingerprint density at radius 2 is 1.43 bits per heavy atom. The average molecular weight is 330 g/mol. The van der Waals surface area contributed by atoms with Gasteiger partial charge in [0.05, 0.1) is 6.10 Å². The second kappa shape index (κ2) is 7.96. The van der Waals surface area contributed by atoms with Crippen LogP contribution in [-0.4, -0.2) is 29.6 Å². The van der Waals surface area contributed by atoms with Gasteiger partial charge in [-0.3, -0.25) is 0 Å². The molecule has 1 unspecified atom stereocenters. The molecule has 1 N–H and O–H groups in total. The summed E-state index contributed by atoms with van der Waals surface area (Å²) in [7, 11) is 0. The van der Waals surface area contributed by atoms with Crippen molar-refractivity contribution in [1.82, 2.24) is 4.90 Å². The highest BCUT2D eigenvalue weighted by Crippen LogP contribution is 2.25. The van der Waals surface area contributed by atoms with Crippen molar-refractivity contribution in [3.63, 3.8) is 0 Å². The summed E-state index contributed by atoms with van der Waals surface area (Å²) in [5.74, 6) is 0. The van der Waals surface area contributed by atoms with E-state index in [9.17, 15) is 5.11 Å². The van der Waals surface area contributed by atoms with Crippen LogP contribution >= 0.6 is 11.6 Å². The van der Waals surface area contributed by atoms with Gasteiger partial charge >= 0.3 is 0 Å². The molecule has 23 heavy (non-hydrogen) atoms. The number of aliphatic hydroxyl groups excluding tert-OH is 1. The Kier molecular flexibility index (Phi) is 5.71. The SMILES string of the molecule is OC(CCN1CCCCC1)c1ccc(-c2ccc(Cl)cc2)cc1. The summed E-state index contributed by atoms with van der Waals surface area (Å²) in [5.41, 5.74) is 3.29. The first kappa shape index (κ1) is 16.5. The zero-order valence-corrected chi connectivity index (χ0v) is 14.2. The van der Waals surface area contributed by atoms with Crippen molar-refractivity contribution in [2.45, 2.75) is 31.8 Å². The third-order valence-electron chi connectivity index (χ3n) is 4.64. The fraction of sp³-hybridized carbons (Fsp3) is 0.400. The molecule has 0 aliphatic carbocycles. The lowest BCUT2D eigenvalue weighted by Gasteiger charge is -2.27. The minimum Gasteiger partial charge on any atom is -0.388 e. The Balaban J connectivity index is 1.58. The minimum atomic E-state index is -0.379. The van der Waals surface area contributed by atoms with Crippen molar-refractivity contribution in [3.8, 4) is 11.1 Å². The molecule has 0 radical (unpaired) electrons. The molecule has 1 aliphatic heterocycles. The molecule has 0 spiro atoms. The van der Waals surface area contributed by atoms with E-state index >= 15 is 0 Å². The van der Waals surface area contributed by atoms with E-state index in [1.807, 2.05) is 36.4 Å². The Bertz CT molecular complexity index is 603. The molecule has 3 heteroatoms. The molecule has 1 aliphatic rings. The van der Waals surface area contributed by atoms with Crippen LogP contribution in [0.4, 0.5) is 0 Å². The predicted octanol–water partition coefficient (Wildman–Crippen LogP) is 4.92. The third-order valence-corrected chi connectivity index (χ3v) is 4.89. The number of aliphatic hydroxyl groups is 1. The summed E-state index contributed by atoms with van der Waals surface area (Å²) in [6.45, 7) is 3.35. The molecule has 0 amide bonds. The van der Waals surface area contributed by atoms with Crippen LogP contribution in [0.3, 0.4) is 0 Å². The Hall–Kier alpha value is -1.35. The molecule has 2 nitrogen and oxygen atoms in total. The highest BCUT2D eigenvalue weighted by Gasteiger charge is 2.13. The molecular weight excluding hydrogens is 306 g/mol. The van der Waals surface area contributed by atoms with Crippen LogP contribution in [-0.2, 0) is 0 Å². The summed E-state index contributed by atoms with van der Waals surface area (Å²) < 4.78 is 0. The molecule has 2 aromatic rings. The van der Waals surface area contributed by atoms with Crippen LogP contribution in [0.5, 0.6) is 0 Å². The van der Waals surface area contributed by atoms with Crippen molar-refractivity contribution in [2.24, 2.45) is 0 Å². The summed E-state index contributed by atoms with van der Waals surface area (Å²) in [4.78, 5) is 2.47. The van der Waals surface area contributed by atoms with Crippen molar-refractivity contribution in [2.75, 3.05) is 19.6 Å². The van der Waals surface area contributed by atoms with Gasteiger partial charge in [-0.05, 0) is 61.2 Å². The molecule has 3 rings (SSSR count). The monoisotopic (exact) mass is 329 g/mol. The number of nitrogens with zero attached hydrogens (tertiary/aromatic N) is 1. The molecule has 1 atom stereocenters. The minimum absolute atomic E-state index is 0.379. The number of piperidine rings is 1. The number of likely N-dealkylation sites (tertiary alicyclic amines) is 1. The molecular formula is C20H24ClNO. The first-order valence-electron chi connectivity index (χ1n) is 8.49. The second-order valence-corrected chi connectivity index (χ2v) is 6.77. The Morgan fingerprint density at radius 1 is 0.870 bits per heavy atom. The normalized spacial score (nSPS) is 17.1. The molecule has 0 saturated carbocycles. The fourth-order valence-electron chi connectivity index (χ4n) is 3.19. The van der Waals surface area contributed by atoms with E-state index in [0.29, 0.717) is 0 Å². The summed E-state index contributed by atoms with van der Waals surface area (Å²) in [6, 6.07) is 16.0. The molecule has 122 valence electrons. The van der Waals surface area contributed by atoms with Gasteiger partial charge in [0.25, 0.3) is 0 Å². The second-order valence-electron chi connectivity index (χ2n) is 6.34. The van der Waals surface area contributed by atoms with Gasteiger partial charge in [0, 0.05) is 11.6 Å². The van der Waals surface area contributed by atoms with Gasteiger partial charge in [0.1, 0.15) is 0 Å². The maximum atomic E-state index is 10.4. The molecule has 0 bridgehead atoms. The van der Waals surface area contributed by atoms with E-state index in [4.69, 9.17) is 11.6 Å². The van der Waals surface area contributed by atoms with Crippen LogP contribution in [0, 0.1) is 0 Å². The highest BCUT2D eigenvalue weighted by molar-refractivity contribution is 6.30. The number of rotatable bonds is 5. The van der Waals surface area contributed by atoms with E-state index in [0.717, 1.165) is 34.7 Å². The van der Waals surface area contributed by atoms with E-state index in [1.54, 1.807) is 0 Å². The lowest BCUT2D eigenvalue weighted by atomic mass is 10.0. The van der Waals surface area contributed by atoms with Gasteiger partial charge in [-0.2, -0.15) is 0 Å². The topological polar surface area (TPSA) is 23.5 Å². The molecule has 1 fully saturated rings. The zero-order valence-electron chi connectivity index (χ0n) is 13.4. The molecule has 1 heterocycles. The van der Waals surface area contributed by atoms with Crippen molar-refractivity contribution in [1.29, 1.82) is 0 Å². The summed E-state index contributed by atoms with van der Waals surface area (Å²) in [5, 5.41) is 11.2. The number of halogens is 1. The Morgan fingerprint density at radius 3 is 2.04 bits per heavy atom. The van der Waals surface area contributed by atoms with Gasteiger partial charge in [0.15, 0.2) is 0 Å². The average Bonchev–Trinajstić information content (AvgIpc) is 2.61. The van der Waals surface area contributed by atoms with E-state index in [-0.39, 0.29) is 6.10 Å². The zero-order chi connectivity index (χ0) is 16.1. The molecule has 1 saturated heterocycles. The van der Waals surface area contributed by atoms with E-state index in [2.05, 4.69) is 17.0 Å². The van der Waals surface area contributed by atoms with Gasteiger partial charge in [-0.1, -0.05) is 54.4 Å². The smallest absolute Gasteiger partial charge is 0.0802 e. The van der Waals surface area contributed by atoms with Crippen molar-refractivity contribution < 1.29 is 5.11 Å². The number of benzene rings is 2. The van der Waals surface area contributed by atoms with E-state index < -0.39 is 0 Å². The van der Waals surface area contributed by atoms with Crippen LogP contribution in [0.2, 0.25) is 5.02 Å². The predicted molar refractivity (Wildman–Crippen MR) is 96.8 cm³/mol. The largest absolute Gasteiger partial charge is 0.388 e. The third kappa shape index (κ3) is 4.57. The quantitative estimate of drug-likeness (QED) is 0.842. The van der Waals surface area contributed by atoms with Crippen LogP contribution in [0.15, 0.2) is 48.5 Å². The Labute approximate surface area is 143 Å². The van der Waals surface area contributed by atoms with Crippen LogP contribution < -0.4 is 0 Å². The van der Waals surface area contributed by atoms with E-state index in [1.165, 1.54) is 32.4 Å². The van der Waals surface area contributed by atoms with Gasteiger partial charge < -0.3 is 10.0 Å². The fourth-order valence-corrected chi connectivity index (χ4v) is 3.32. The van der Waals surface area contributed by atoms with Crippen LogP contribution in [0.1, 0.15) is 37.4 Å². The highest BCUT2D eigenvalue weighted by atomic mass is 35.5. The number of hydrogen-bond acceptors (Lipinski definition) is 2. The summed E-state index contributed by atoms with van der Waals surface area (Å²) in [6.07, 6.45) is 4.37. The maximum absolute atomic E-state index is 10.4. The first-order chi connectivity index (χ1) is 11.2. The van der Waals surface area contributed by atoms with Crippen molar-refractivity contribution >= 4 is 11.6 Å². The summed E-state index contributed by atoms with van der Waals surface area (Å²) >= 11 is 5.93. The lowest BCUT2D eigenvalue weighted by molar-refractivity contribution is 0.134. The van der Waals surface area contributed by atoms with Gasteiger partial charge in [-0.15, -0.1) is 0 Å². The number of hydrogen-bond donors (Lipinski definition) is 1. The maximum Gasteiger partial charge on any atom is 0.0802 e.